The van der Waals surface area contributed by atoms with Crippen molar-refractivity contribution in [1.82, 2.24) is 10.6 Å². The zero-order valence-electron chi connectivity index (χ0n) is 10.7. The van der Waals surface area contributed by atoms with E-state index in [0.29, 0.717) is 0 Å². The highest BCUT2D eigenvalue weighted by molar-refractivity contribution is 5.97. The fraction of sp³-hybridized carbons (Fsp3) is 0.636. The molecule has 4 N–H and O–H groups in total. The maximum Gasteiger partial charge on any atom is 0.236 e. The van der Waals surface area contributed by atoms with Gasteiger partial charge in [0.15, 0.2) is 5.88 Å². The van der Waals surface area contributed by atoms with Gasteiger partial charge in [0.05, 0.1) is 26.4 Å². The Labute approximate surface area is 111 Å². The zero-order valence-corrected chi connectivity index (χ0v) is 10.7. The Balaban J connectivity index is 3.63. The van der Waals surface area contributed by atoms with Gasteiger partial charge < -0.3 is 25.0 Å². The van der Waals surface area contributed by atoms with Gasteiger partial charge in [0, 0.05) is 6.54 Å². The number of aliphatic hydroxyl groups is 2. The lowest BCUT2D eigenvalue weighted by atomic mass is 10.3. The molecule has 19 heavy (non-hydrogen) atoms. The molecule has 0 atom stereocenters. The van der Waals surface area contributed by atoms with Gasteiger partial charge in [-0.2, -0.15) is 0 Å². The lowest BCUT2D eigenvalue weighted by Gasteiger charge is -2.09. The molecule has 0 saturated carbocycles. The molecule has 0 rings (SSSR count). The van der Waals surface area contributed by atoms with E-state index in [9.17, 15) is 9.59 Å². The summed E-state index contributed by atoms with van der Waals surface area (Å²) in [5, 5.41) is 21.7. The molecule has 0 aliphatic heterocycles. The number of hydrogen-bond acceptors (Lipinski definition) is 6. The van der Waals surface area contributed by atoms with Crippen molar-refractivity contribution in [2.24, 2.45) is 0 Å². The molecular weight excluding hydrogens is 256 g/mol. The summed E-state index contributed by atoms with van der Waals surface area (Å²) in [5.41, 5.74) is 0. The summed E-state index contributed by atoms with van der Waals surface area (Å²) < 4.78 is 9.74. The summed E-state index contributed by atoms with van der Waals surface area (Å²) in [7, 11) is 0. The molecule has 0 unspecified atom stereocenters. The van der Waals surface area contributed by atoms with Crippen LogP contribution in [0.2, 0.25) is 0 Å². The summed E-state index contributed by atoms with van der Waals surface area (Å²) in [6.45, 7) is 3.88. The fourth-order valence-electron chi connectivity index (χ4n) is 1.04. The third kappa shape index (κ3) is 11.2. The van der Waals surface area contributed by atoms with Crippen molar-refractivity contribution in [2.75, 3.05) is 39.6 Å². The Hall–Kier alpha value is -1.64. The predicted molar refractivity (Wildman–Crippen MR) is 65.9 cm³/mol. The van der Waals surface area contributed by atoms with Crippen LogP contribution >= 0.6 is 0 Å². The summed E-state index contributed by atoms with van der Waals surface area (Å²) in [6, 6.07) is 0. The number of carbonyl (C=O) groups excluding carboxylic acids is 2. The van der Waals surface area contributed by atoms with Crippen molar-refractivity contribution in [3.05, 3.63) is 12.5 Å². The number of ether oxygens (including phenoxy) is 2. The van der Waals surface area contributed by atoms with Gasteiger partial charge in [-0.1, -0.05) is 0 Å². The molecule has 8 nitrogen and oxygen atoms in total. The van der Waals surface area contributed by atoms with E-state index in [4.69, 9.17) is 19.7 Å². The second-order valence-electron chi connectivity index (χ2n) is 3.41. The number of carbonyl (C=O) groups is 2. The second-order valence-corrected chi connectivity index (χ2v) is 3.41. The topological polar surface area (TPSA) is 117 Å². The number of hydrogen-bond donors (Lipinski definition) is 4. The van der Waals surface area contributed by atoms with E-state index in [2.05, 4.69) is 17.2 Å². The smallest absolute Gasteiger partial charge is 0.236 e. The minimum Gasteiger partial charge on any atom is -0.477 e. The third-order valence-corrected chi connectivity index (χ3v) is 1.77. The first-order valence-electron chi connectivity index (χ1n) is 5.78. The highest BCUT2D eigenvalue weighted by atomic mass is 16.5. The van der Waals surface area contributed by atoms with Crippen molar-refractivity contribution in [3.63, 3.8) is 0 Å². The molecule has 0 fully saturated rings. The Bertz CT molecular complexity index is 295. The maximum atomic E-state index is 11.3. The Morgan fingerprint density at radius 2 is 1.74 bits per heavy atom. The van der Waals surface area contributed by atoms with Crippen LogP contribution in [0.25, 0.3) is 0 Å². The van der Waals surface area contributed by atoms with Crippen LogP contribution in [0.3, 0.4) is 0 Å². The monoisotopic (exact) mass is 276 g/mol. The zero-order chi connectivity index (χ0) is 14.5. The van der Waals surface area contributed by atoms with Crippen LogP contribution in [0.1, 0.15) is 6.42 Å². The highest BCUT2D eigenvalue weighted by Gasteiger charge is 2.09. The van der Waals surface area contributed by atoms with E-state index in [1.165, 1.54) is 0 Å². The molecule has 0 aromatic carbocycles. The number of nitrogens with one attached hydrogen (secondary N) is 2. The standard InChI is InChI=1S/C11H20N2O6/c1-9(19-7-4-15)13-11(17)8-10(16)12-2-5-18-6-3-14/h14-15H,1-8H2,(H,12,16)(H,13,17). The van der Waals surface area contributed by atoms with E-state index in [0.717, 1.165) is 0 Å². The molecule has 8 heteroatoms. The van der Waals surface area contributed by atoms with E-state index < -0.39 is 11.8 Å². The molecule has 0 radical (unpaired) electrons. The molecule has 0 aromatic heterocycles. The van der Waals surface area contributed by atoms with Crippen LogP contribution in [-0.4, -0.2) is 61.6 Å². The summed E-state index contributed by atoms with van der Waals surface area (Å²) in [6.07, 6.45) is -0.360. The first-order chi connectivity index (χ1) is 9.10. The van der Waals surface area contributed by atoms with E-state index in [-0.39, 0.29) is 51.9 Å². The maximum absolute atomic E-state index is 11.3. The van der Waals surface area contributed by atoms with Gasteiger partial charge in [0.1, 0.15) is 13.0 Å². The van der Waals surface area contributed by atoms with Crippen molar-refractivity contribution in [1.29, 1.82) is 0 Å². The van der Waals surface area contributed by atoms with Crippen LogP contribution in [0.5, 0.6) is 0 Å². The average molecular weight is 276 g/mol. The molecular formula is C11H20N2O6. The molecule has 0 bridgehead atoms. The van der Waals surface area contributed by atoms with Crippen LogP contribution < -0.4 is 10.6 Å². The summed E-state index contributed by atoms with van der Waals surface area (Å²) in [5.74, 6) is -1.03. The Morgan fingerprint density at radius 1 is 1.05 bits per heavy atom. The molecule has 0 spiro atoms. The van der Waals surface area contributed by atoms with Crippen molar-refractivity contribution < 1.29 is 29.3 Å². The number of rotatable bonds is 11. The van der Waals surface area contributed by atoms with Crippen LogP contribution in [0.4, 0.5) is 0 Å². The predicted octanol–water partition coefficient (Wildman–Crippen LogP) is -1.90. The Kier molecular flexibility index (Phi) is 10.5. The van der Waals surface area contributed by atoms with Gasteiger partial charge in [-0.3, -0.25) is 14.9 Å². The minimum atomic E-state index is -0.559. The largest absolute Gasteiger partial charge is 0.477 e. The van der Waals surface area contributed by atoms with Gasteiger partial charge in [0.2, 0.25) is 11.8 Å². The van der Waals surface area contributed by atoms with E-state index in [1.54, 1.807) is 0 Å². The average Bonchev–Trinajstić information content (AvgIpc) is 2.35. The number of amides is 2. The van der Waals surface area contributed by atoms with Gasteiger partial charge in [-0.15, -0.1) is 0 Å². The molecule has 0 aliphatic rings. The van der Waals surface area contributed by atoms with Gasteiger partial charge in [-0.25, -0.2) is 0 Å². The normalized spacial score (nSPS) is 9.79. The molecule has 0 heterocycles. The molecule has 0 saturated heterocycles. The highest BCUT2D eigenvalue weighted by Crippen LogP contribution is 1.89. The van der Waals surface area contributed by atoms with Gasteiger partial charge in [-0.05, 0) is 6.58 Å². The van der Waals surface area contributed by atoms with Gasteiger partial charge >= 0.3 is 0 Å². The summed E-state index contributed by atoms with van der Waals surface area (Å²) >= 11 is 0. The molecule has 0 aromatic rings. The van der Waals surface area contributed by atoms with Crippen molar-refractivity contribution >= 4 is 11.8 Å². The molecule has 0 aliphatic carbocycles. The van der Waals surface area contributed by atoms with Gasteiger partial charge in [0.25, 0.3) is 0 Å². The number of aliphatic hydroxyl groups excluding tert-OH is 2. The van der Waals surface area contributed by atoms with E-state index in [1.807, 2.05) is 0 Å². The third-order valence-electron chi connectivity index (χ3n) is 1.77. The Morgan fingerprint density at radius 3 is 2.37 bits per heavy atom. The van der Waals surface area contributed by atoms with E-state index >= 15 is 0 Å². The minimum absolute atomic E-state index is 0.0156. The van der Waals surface area contributed by atoms with Crippen molar-refractivity contribution in [2.45, 2.75) is 6.42 Å². The SMILES string of the molecule is C=C(NC(=O)CC(=O)NCCOCCO)OCCO. The lowest BCUT2D eigenvalue weighted by Crippen LogP contribution is -2.33. The first-order valence-corrected chi connectivity index (χ1v) is 5.78. The van der Waals surface area contributed by atoms with Crippen molar-refractivity contribution in [3.8, 4) is 0 Å². The molecule has 2 amide bonds. The quantitative estimate of drug-likeness (QED) is 0.199. The summed E-state index contributed by atoms with van der Waals surface area (Å²) in [4.78, 5) is 22.6. The first kappa shape index (κ1) is 17.4. The second kappa shape index (κ2) is 11.5. The fourth-order valence-corrected chi connectivity index (χ4v) is 1.04. The van der Waals surface area contributed by atoms with Crippen LogP contribution in [0.15, 0.2) is 12.5 Å². The molecule has 110 valence electrons. The lowest BCUT2D eigenvalue weighted by molar-refractivity contribution is -0.129. The van der Waals surface area contributed by atoms with Crippen LogP contribution in [0, 0.1) is 0 Å². The van der Waals surface area contributed by atoms with Crippen LogP contribution in [-0.2, 0) is 19.1 Å².